The predicted octanol–water partition coefficient (Wildman–Crippen LogP) is 3.76. The van der Waals surface area contributed by atoms with E-state index in [4.69, 9.17) is 0 Å². The largest absolute Gasteiger partial charge is 0.416 e. The summed E-state index contributed by atoms with van der Waals surface area (Å²) in [5.41, 5.74) is -1.46. The number of rotatable bonds is 5. The van der Waals surface area contributed by atoms with Gasteiger partial charge in [0.25, 0.3) is 10.9 Å². The number of halogens is 3. The first-order valence-electron chi connectivity index (χ1n) is 7.91. The van der Waals surface area contributed by atoms with Crippen LogP contribution in [0.2, 0.25) is 0 Å². The zero-order chi connectivity index (χ0) is 19.0. The first-order valence-corrected chi connectivity index (χ1v) is 7.91. The highest BCUT2D eigenvalue weighted by Gasteiger charge is 2.30. The van der Waals surface area contributed by atoms with Gasteiger partial charge in [0.15, 0.2) is 0 Å². The zero-order valence-corrected chi connectivity index (χ0v) is 14.5. The molecule has 25 heavy (non-hydrogen) atoms. The lowest BCUT2D eigenvalue weighted by Gasteiger charge is -2.30. The minimum Gasteiger partial charge on any atom is -0.377 e. The van der Waals surface area contributed by atoms with Crippen molar-refractivity contribution in [2.24, 2.45) is 5.41 Å². The molecule has 4 nitrogen and oxygen atoms in total. The molecular weight excluding hydrogens is 333 g/mol. The van der Waals surface area contributed by atoms with E-state index >= 15 is 0 Å². The highest BCUT2D eigenvalue weighted by atomic mass is 19.4. The summed E-state index contributed by atoms with van der Waals surface area (Å²) in [5.74, 6) is 0. The highest BCUT2D eigenvalue weighted by molar-refractivity contribution is 5.74. The van der Waals surface area contributed by atoms with Gasteiger partial charge < -0.3 is 10.6 Å². The molecule has 2 aromatic carbocycles. The Morgan fingerprint density at radius 2 is 1.64 bits per heavy atom. The second-order valence-electron chi connectivity index (χ2n) is 7.19. The monoisotopic (exact) mass is 354 g/mol. The van der Waals surface area contributed by atoms with Crippen molar-refractivity contribution in [3.63, 3.8) is 0 Å². The Morgan fingerprint density at radius 3 is 2.20 bits per heavy atom. The van der Waals surface area contributed by atoms with E-state index in [9.17, 15) is 22.8 Å². The van der Waals surface area contributed by atoms with E-state index in [0.717, 1.165) is 12.1 Å². The van der Waals surface area contributed by atoms with Crippen LogP contribution in [-0.4, -0.2) is 6.04 Å². The summed E-state index contributed by atoms with van der Waals surface area (Å²) in [6.45, 7) is 7.89. The third kappa shape index (κ3) is 4.21. The highest BCUT2D eigenvalue weighted by Crippen LogP contribution is 2.30. The van der Waals surface area contributed by atoms with Crippen molar-refractivity contribution < 1.29 is 13.2 Å². The van der Waals surface area contributed by atoms with Crippen LogP contribution in [0.3, 0.4) is 0 Å². The van der Waals surface area contributed by atoms with Crippen LogP contribution < -0.4 is 21.5 Å². The van der Waals surface area contributed by atoms with E-state index in [1.807, 2.05) is 27.7 Å². The fraction of sp³-hybridized carbons (Fsp3) is 0.444. The van der Waals surface area contributed by atoms with Crippen LogP contribution in [0.15, 0.2) is 33.9 Å². The minimum absolute atomic E-state index is 0.0212. The molecule has 0 saturated heterocycles. The average Bonchev–Trinajstić information content (AvgIpc) is 2.51. The number of nitrogens with one attached hydrogen (secondary N) is 2. The normalized spacial score (nSPS) is 13.7. The zero-order valence-electron chi connectivity index (χ0n) is 14.5. The van der Waals surface area contributed by atoms with Crippen LogP contribution in [0.25, 0.3) is 0 Å². The predicted molar refractivity (Wildman–Crippen MR) is 92.7 cm³/mol. The third-order valence-corrected chi connectivity index (χ3v) is 4.29. The molecule has 2 rings (SSSR count). The molecule has 0 aliphatic carbocycles. The van der Waals surface area contributed by atoms with E-state index in [-0.39, 0.29) is 29.4 Å². The molecule has 0 radical (unpaired) electrons. The Hall–Kier alpha value is -2.31. The molecule has 0 heterocycles. The number of hydrogen-bond donors (Lipinski definition) is 2. The number of benzene rings is 1. The second-order valence-corrected chi connectivity index (χ2v) is 7.19. The van der Waals surface area contributed by atoms with Crippen LogP contribution in [0, 0.1) is 5.41 Å². The maximum atomic E-state index is 12.7. The Labute approximate surface area is 143 Å². The van der Waals surface area contributed by atoms with Crippen molar-refractivity contribution in [1.82, 2.24) is 0 Å². The molecule has 136 valence electrons. The van der Waals surface area contributed by atoms with Gasteiger partial charge in [0.05, 0.1) is 5.56 Å². The molecule has 0 bridgehead atoms. The summed E-state index contributed by atoms with van der Waals surface area (Å²) >= 11 is 0. The molecule has 0 aliphatic heterocycles. The third-order valence-electron chi connectivity index (χ3n) is 4.29. The number of alkyl halides is 3. The summed E-state index contributed by atoms with van der Waals surface area (Å²) in [4.78, 5) is 23.5. The van der Waals surface area contributed by atoms with Crippen LogP contribution in [-0.2, 0) is 12.7 Å². The lowest BCUT2D eigenvalue weighted by atomic mass is 9.87. The van der Waals surface area contributed by atoms with E-state index in [2.05, 4.69) is 10.6 Å². The fourth-order valence-corrected chi connectivity index (χ4v) is 2.18. The van der Waals surface area contributed by atoms with Gasteiger partial charge in [0.2, 0.25) is 0 Å². The summed E-state index contributed by atoms with van der Waals surface area (Å²) in [5, 5.41) is 5.81. The maximum absolute atomic E-state index is 12.7. The lowest BCUT2D eigenvalue weighted by Crippen LogP contribution is -2.41. The van der Waals surface area contributed by atoms with Gasteiger partial charge in [-0.2, -0.15) is 13.2 Å². The summed E-state index contributed by atoms with van der Waals surface area (Å²) in [6.07, 6.45) is -4.42. The second kappa shape index (κ2) is 6.54. The SMILES string of the molecule is CC(Nc1c(NCc2cccc(C(F)(F)F)c2)c(=O)c1=O)C(C)(C)C. The quantitative estimate of drug-likeness (QED) is 0.803. The topological polar surface area (TPSA) is 58.2 Å². The van der Waals surface area contributed by atoms with Gasteiger partial charge in [-0.25, -0.2) is 0 Å². The molecule has 0 amide bonds. The smallest absolute Gasteiger partial charge is 0.377 e. The maximum Gasteiger partial charge on any atom is 0.416 e. The van der Waals surface area contributed by atoms with Crippen molar-refractivity contribution in [3.05, 3.63) is 55.8 Å². The molecule has 0 spiro atoms. The average molecular weight is 354 g/mol. The van der Waals surface area contributed by atoms with E-state index in [0.29, 0.717) is 5.56 Å². The Bertz CT molecular complexity index is 828. The molecule has 2 aromatic rings. The molecule has 0 aromatic heterocycles. The molecule has 0 aliphatic rings. The molecule has 2 N–H and O–H groups in total. The van der Waals surface area contributed by atoms with Crippen LogP contribution in [0.1, 0.15) is 38.8 Å². The van der Waals surface area contributed by atoms with Crippen molar-refractivity contribution in [1.29, 1.82) is 0 Å². The Morgan fingerprint density at radius 1 is 1.04 bits per heavy atom. The van der Waals surface area contributed by atoms with Crippen molar-refractivity contribution >= 4 is 11.4 Å². The molecule has 1 unspecified atom stereocenters. The molecular formula is C18H21F3N2O2. The molecule has 0 fully saturated rings. The molecule has 7 heteroatoms. The molecule has 0 saturated carbocycles. The van der Waals surface area contributed by atoms with Gasteiger partial charge in [0, 0.05) is 12.6 Å². The van der Waals surface area contributed by atoms with Crippen molar-refractivity contribution in [2.75, 3.05) is 10.6 Å². The van der Waals surface area contributed by atoms with Crippen LogP contribution >= 0.6 is 0 Å². The van der Waals surface area contributed by atoms with Gasteiger partial charge in [-0.1, -0.05) is 32.9 Å². The summed E-state index contributed by atoms with van der Waals surface area (Å²) < 4.78 is 38.2. The number of anilines is 2. The standard InChI is InChI=1S/C18H21F3N2O2/c1-10(17(2,3)4)23-14-13(15(24)16(14)25)22-9-11-6-5-7-12(8-11)18(19,20)21/h5-8,10,22-23H,9H2,1-4H3. The Kier molecular flexibility index (Phi) is 4.97. The van der Waals surface area contributed by atoms with Crippen LogP contribution in [0.4, 0.5) is 24.5 Å². The number of hydrogen-bond acceptors (Lipinski definition) is 4. The summed E-state index contributed by atoms with van der Waals surface area (Å²) in [7, 11) is 0. The summed E-state index contributed by atoms with van der Waals surface area (Å²) in [6, 6.07) is 4.77. The van der Waals surface area contributed by atoms with E-state index in [1.54, 1.807) is 0 Å². The minimum atomic E-state index is -4.42. The van der Waals surface area contributed by atoms with E-state index < -0.39 is 22.6 Å². The van der Waals surface area contributed by atoms with Gasteiger partial charge in [-0.05, 0) is 30.0 Å². The Balaban J connectivity index is 2.14. The van der Waals surface area contributed by atoms with Gasteiger partial charge in [-0.3, -0.25) is 9.59 Å². The van der Waals surface area contributed by atoms with Crippen molar-refractivity contribution in [3.8, 4) is 0 Å². The van der Waals surface area contributed by atoms with Gasteiger partial charge >= 0.3 is 6.18 Å². The van der Waals surface area contributed by atoms with Crippen LogP contribution in [0.5, 0.6) is 0 Å². The lowest BCUT2D eigenvalue weighted by molar-refractivity contribution is -0.137. The first-order chi connectivity index (χ1) is 11.4. The van der Waals surface area contributed by atoms with E-state index in [1.165, 1.54) is 12.1 Å². The fourth-order valence-electron chi connectivity index (χ4n) is 2.18. The molecule has 1 atom stereocenters. The van der Waals surface area contributed by atoms with Crippen molar-refractivity contribution in [2.45, 2.75) is 46.5 Å². The first kappa shape index (κ1) is 19.0. The van der Waals surface area contributed by atoms with Gasteiger partial charge in [-0.15, -0.1) is 0 Å². The van der Waals surface area contributed by atoms with Gasteiger partial charge in [0.1, 0.15) is 11.4 Å².